The van der Waals surface area contributed by atoms with Gasteiger partial charge in [0.25, 0.3) is 5.24 Å². The van der Waals surface area contributed by atoms with Gasteiger partial charge in [-0.15, -0.1) is 12.4 Å². The second-order valence-corrected chi connectivity index (χ2v) is 4.21. The van der Waals surface area contributed by atoms with E-state index in [1.165, 1.54) is 4.90 Å². The second-order valence-electron chi connectivity index (χ2n) is 3.28. The number of thioether (sulfide) groups is 1. The highest BCUT2D eigenvalue weighted by atomic mass is 35.5. The molecule has 2 amide bonds. The van der Waals surface area contributed by atoms with E-state index in [0.717, 1.165) is 17.3 Å². The lowest BCUT2D eigenvalue weighted by molar-refractivity contribution is -0.125. The molecule has 1 saturated heterocycles. The first-order valence-electron chi connectivity index (χ1n) is 4.48. The normalized spacial score (nSPS) is 15.1. The number of benzene rings is 1. The van der Waals surface area contributed by atoms with Gasteiger partial charge in [-0.2, -0.15) is 0 Å². The SMILES string of the molecule is Cl.Nc1cccc(CN2C(=O)CSC2=O)c1. The van der Waals surface area contributed by atoms with Crippen LogP contribution >= 0.6 is 24.2 Å². The average molecular weight is 259 g/mol. The summed E-state index contributed by atoms with van der Waals surface area (Å²) in [4.78, 5) is 23.9. The number of amides is 2. The Bertz CT molecular complexity index is 409. The fourth-order valence-electron chi connectivity index (χ4n) is 1.41. The van der Waals surface area contributed by atoms with Crippen LogP contribution in [-0.2, 0) is 11.3 Å². The highest BCUT2D eigenvalue weighted by Crippen LogP contribution is 2.21. The summed E-state index contributed by atoms with van der Waals surface area (Å²) in [5.74, 6) is 0.119. The van der Waals surface area contributed by atoms with Crippen molar-refractivity contribution in [2.45, 2.75) is 6.54 Å². The molecule has 2 rings (SSSR count). The molecule has 4 nitrogen and oxygen atoms in total. The van der Waals surface area contributed by atoms with Crippen LogP contribution < -0.4 is 5.73 Å². The molecular formula is C10H11ClN2O2S. The van der Waals surface area contributed by atoms with Crippen molar-refractivity contribution in [2.75, 3.05) is 11.5 Å². The Kier molecular flexibility index (Phi) is 4.20. The Hall–Kier alpha value is -1.20. The molecule has 1 aromatic rings. The van der Waals surface area contributed by atoms with E-state index in [2.05, 4.69) is 0 Å². The first kappa shape index (κ1) is 12.9. The maximum Gasteiger partial charge on any atom is 0.289 e. The molecule has 1 aliphatic heterocycles. The largest absolute Gasteiger partial charge is 0.399 e. The van der Waals surface area contributed by atoms with Crippen LogP contribution in [0.4, 0.5) is 10.5 Å². The number of hydrogen-bond acceptors (Lipinski definition) is 4. The van der Waals surface area contributed by atoms with Crippen LogP contribution in [0.2, 0.25) is 0 Å². The average Bonchev–Trinajstić information content (AvgIpc) is 2.50. The maximum absolute atomic E-state index is 11.3. The summed E-state index contributed by atoms with van der Waals surface area (Å²) in [5.41, 5.74) is 7.12. The Balaban J connectivity index is 0.00000128. The Morgan fingerprint density at radius 3 is 2.69 bits per heavy atom. The lowest BCUT2D eigenvalue weighted by atomic mass is 10.2. The second kappa shape index (κ2) is 5.23. The van der Waals surface area contributed by atoms with Crippen molar-refractivity contribution >= 4 is 41.0 Å². The maximum atomic E-state index is 11.3. The molecule has 2 N–H and O–H groups in total. The summed E-state index contributed by atoms with van der Waals surface area (Å²) < 4.78 is 0. The van der Waals surface area contributed by atoms with Crippen LogP contribution in [0, 0.1) is 0 Å². The molecule has 0 saturated carbocycles. The minimum Gasteiger partial charge on any atom is -0.399 e. The number of halogens is 1. The highest BCUT2D eigenvalue weighted by molar-refractivity contribution is 8.14. The van der Waals surface area contributed by atoms with Crippen LogP contribution in [-0.4, -0.2) is 21.8 Å². The van der Waals surface area contributed by atoms with E-state index in [4.69, 9.17) is 5.73 Å². The number of carbonyl (C=O) groups is 2. The van der Waals surface area contributed by atoms with Gasteiger partial charge in [-0.3, -0.25) is 14.5 Å². The first-order valence-corrected chi connectivity index (χ1v) is 5.47. The van der Waals surface area contributed by atoms with Crippen molar-refractivity contribution in [3.8, 4) is 0 Å². The first-order chi connectivity index (χ1) is 7.16. The molecule has 0 aliphatic carbocycles. The van der Waals surface area contributed by atoms with E-state index in [-0.39, 0.29) is 29.3 Å². The zero-order valence-corrected chi connectivity index (χ0v) is 10.0. The molecule has 0 spiro atoms. The predicted molar refractivity (Wildman–Crippen MR) is 66.5 cm³/mol. The third kappa shape index (κ3) is 2.68. The van der Waals surface area contributed by atoms with E-state index in [1.54, 1.807) is 12.1 Å². The van der Waals surface area contributed by atoms with Gasteiger partial charge < -0.3 is 5.73 Å². The minimum atomic E-state index is -0.178. The molecule has 16 heavy (non-hydrogen) atoms. The van der Waals surface area contributed by atoms with Crippen molar-refractivity contribution < 1.29 is 9.59 Å². The van der Waals surface area contributed by atoms with Crippen molar-refractivity contribution in [2.24, 2.45) is 0 Å². The Morgan fingerprint density at radius 1 is 1.38 bits per heavy atom. The van der Waals surface area contributed by atoms with Crippen LogP contribution in [0.3, 0.4) is 0 Å². The predicted octanol–water partition coefficient (Wildman–Crippen LogP) is 1.89. The molecule has 86 valence electrons. The number of nitrogen functional groups attached to an aromatic ring is 1. The standard InChI is InChI=1S/C10H10N2O2S.ClH/c11-8-3-1-2-7(4-8)5-12-9(13)6-15-10(12)14;/h1-4H,5-6,11H2;1H. The third-order valence-electron chi connectivity index (χ3n) is 2.13. The molecule has 1 fully saturated rings. The van der Waals surface area contributed by atoms with Crippen LogP contribution in [0.5, 0.6) is 0 Å². The van der Waals surface area contributed by atoms with Gasteiger partial charge >= 0.3 is 0 Å². The summed E-state index contributed by atoms with van der Waals surface area (Å²) in [7, 11) is 0. The molecule has 1 heterocycles. The van der Waals surface area contributed by atoms with Crippen LogP contribution in [0.1, 0.15) is 5.56 Å². The minimum absolute atomic E-state index is 0. The van der Waals surface area contributed by atoms with Crippen molar-refractivity contribution in [1.29, 1.82) is 0 Å². The van der Waals surface area contributed by atoms with E-state index in [0.29, 0.717) is 12.2 Å². The molecule has 0 radical (unpaired) electrons. The van der Waals surface area contributed by atoms with Crippen LogP contribution in [0.15, 0.2) is 24.3 Å². The molecule has 0 bridgehead atoms. The quantitative estimate of drug-likeness (QED) is 0.823. The number of nitrogens with two attached hydrogens (primary N) is 1. The fourth-order valence-corrected chi connectivity index (χ4v) is 2.13. The molecule has 6 heteroatoms. The highest BCUT2D eigenvalue weighted by Gasteiger charge is 2.29. The summed E-state index contributed by atoms with van der Waals surface area (Å²) in [6.07, 6.45) is 0. The van der Waals surface area contributed by atoms with Gasteiger partial charge in [0.15, 0.2) is 0 Å². The van der Waals surface area contributed by atoms with Gasteiger partial charge in [-0.1, -0.05) is 23.9 Å². The van der Waals surface area contributed by atoms with Crippen molar-refractivity contribution in [3.63, 3.8) is 0 Å². The zero-order valence-electron chi connectivity index (χ0n) is 8.38. The lowest BCUT2D eigenvalue weighted by Gasteiger charge is -2.12. The smallest absolute Gasteiger partial charge is 0.289 e. The summed E-state index contributed by atoms with van der Waals surface area (Å²) in [5, 5.41) is -0.178. The lowest BCUT2D eigenvalue weighted by Crippen LogP contribution is -2.27. The van der Waals surface area contributed by atoms with Crippen molar-refractivity contribution in [1.82, 2.24) is 4.90 Å². The molecule has 0 unspecified atom stereocenters. The number of anilines is 1. The van der Waals surface area contributed by atoms with E-state index in [1.807, 2.05) is 12.1 Å². The number of hydrogen-bond donors (Lipinski definition) is 1. The molecule has 1 aromatic carbocycles. The monoisotopic (exact) mass is 258 g/mol. The topological polar surface area (TPSA) is 63.4 Å². The van der Waals surface area contributed by atoms with Crippen molar-refractivity contribution in [3.05, 3.63) is 29.8 Å². The third-order valence-corrected chi connectivity index (χ3v) is 2.99. The number of rotatable bonds is 2. The fraction of sp³-hybridized carbons (Fsp3) is 0.200. The molecule has 0 aromatic heterocycles. The Morgan fingerprint density at radius 2 is 2.12 bits per heavy atom. The van der Waals surface area contributed by atoms with E-state index in [9.17, 15) is 9.59 Å². The van der Waals surface area contributed by atoms with Gasteiger partial charge in [0.2, 0.25) is 5.91 Å². The van der Waals surface area contributed by atoms with E-state index < -0.39 is 0 Å². The molecule has 1 aliphatic rings. The van der Waals surface area contributed by atoms with Crippen LogP contribution in [0.25, 0.3) is 0 Å². The van der Waals surface area contributed by atoms with Gasteiger partial charge in [0.1, 0.15) is 0 Å². The Labute approximate surface area is 104 Å². The van der Waals surface area contributed by atoms with Gasteiger partial charge in [0.05, 0.1) is 12.3 Å². The number of imide groups is 1. The van der Waals surface area contributed by atoms with Gasteiger partial charge in [-0.25, -0.2) is 0 Å². The zero-order chi connectivity index (χ0) is 10.8. The molecular weight excluding hydrogens is 248 g/mol. The summed E-state index contributed by atoms with van der Waals surface area (Å²) in [6.45, 7) is 0.315. The number of carbonyl (C=O) groups excluding carboxylic acids is 2. The van der Waals surface area contributed by atoms with E-state index >= 15 is 0 Å². The number of nitrogens with zero attached hydrogens (tertiary/aromatic N) is 1. The van der Waals surface area contributed by atoms with Gasteiger partial charge in [0, 0.05) is 5.69 Å². The summed E-state index contributed by atoms with van der Waals surface area (Å²) in [6, 6.07) is 7.19. The van der Waals surface area contributed by atoms with Gasteiger partial charge in [-0.05, 0) is 17.7 Å². The molecule has 0 atom stereocenters. The summed E-state index contributed by atoms with van der Waals surface area (Å²) >= 11 is 1.04.